The molecule has 130 valence electrons. The Bertz CT molecular complexity index is 801. The summed E-state index contributed by atoms with van der Waals surface area (Å²) in [6.45, 7) is 7.03. The van der Waals surface area contributed by atoms with Gasteiger partial charge in [-0.05, 0) is 23.3 Å². The van der Waals surface area contributed by atoms with Crippen LogP contribution in [0.25, 0.3) is 11.1 Å². The lowest BCUT2D eigenvalue weighted by molar-refractivity contribution is -0.531. The summed E-state index contributed by atoms with van der Waals surface area (Å²) in [5.74, 6) is -0.227. The number of benzene rings is 2. The van der Waals surface area contributed by atoms with E-state index in [1.54, 1.807) is 0 Å². The third kappa shape index (κ3) is 3.59. The Kier molecular flexibility index (Phi) is 4.65. The quantitative estimate of drug-likeness (QED) is 0.552. The maximum Gasteiger partial charge on any atom is 0.224 e. The van der Waals surface area contributed by atoms with E-state index in [0.717, 1.165) is 6.04 Å². The average Bonchev–Trinajstić information content (AvgIpc) is 2.86. The lowest BCUT2D eigenvalue weighted by Crippen LogP contribution is -2.38. The van der Waals surface area contributed by atoms with Gasteiger partial charge in [0.25, 0.3) is 0 Å². The molecular formula is C21H27N2OSi+. The second kappa shape index (κ2) is 6.60. The van der Waals surface area contributed by atoms with Crippen molar-refractivity contribution >= 4 is 19.7 Å². The third-order valence-electron chi connectivity index (χ3n) is 4.84. The van der Waals surface area contributed by atoms with E-state index in [-0.39, 0.29) is 11.9 Å². The molecule has 3 rings (SSSR count). The van der Waals surface area contributed by atoms with E-state index in [9.17, 15) is 4.79 Å². The number of rotatable bonds is 5. The van der Waals surface area contributed by atoms with Crippen molar-refractivity contribution in [1.82, 2.24) is 0 Å². The van der Waals surface area contributed by atoms with Crippen LogP contribution in [-0.4, -0.2) is 37.4 Å². The largest absolute Gasteiger partial charge is 0.369 e. The van der Waals surface area contributed by atoms with Crippen molar-refractivity contribution in [2.45, 2.75) is 38.1 Å². The molecule has 3 nitrogen and oxygen atoms in total. The van der Waals surface area contributed by atoms with Crippen LogP contribution in [0.15, 0.2) is 48.5 Å². The zero-order valence-corrected chi connectivity index (χ0v) is 16.5. The molecule has 2 aromatic carbocycles. The van der Waals surface area contributed by atoms with Gasteiger partial charge < -0.3 is 5.73 Å². The summed E-state index contributed by atoms with van der Waals surface area (Å²) < 4.78 is 2.30. The molecule has 4 heteroatoms. The fraction of sp³-hybridized carbons (Fsp3) is 0.333. The van der Waals surface area contributed by atoms with Gasteiger partial charge >= 0.3 is 0 Å². The van der Waals surface area contributed by atoms with E-state index < -0.39 is 8.07 Å². The first-order valence-electron chi connectivity index (χ1n) is 8.85. The predicted molar refractivity (Wildman–Crippen MR) is 107 cm³/mol. The van der Waals surface area contributed by atoms with Crippen molar-refractivity contribution in [3.8, 4) is 11.1 Å². The minimum absolute atomic E-state index is 0.137. The summed E-state index contributed by atoms with van der Waals surface area (Å²) >= 11 is 0. The second-order valence-corrected chi connectivity index (χ2v) is 13.7. The number of carbonyl (C=O) groups is 1. The molecule has 25 heavy (non-hydrogen) atoms. The third-order valence-corrected chi connectivity index (χ3v) is 6.54. The molecule has 0 aromatic heterocycles. The Morgan fingerprint density at radius 1 is 0.960 bits per heavy atom. The van der Waals surface area contributed by atoms with Crippen molar-refractivity contribution in [2.24, 2.45) is 5.73 Å². The maximum absolute atomic E-state index is 11.7. The van der Waals surface area contributed by atoms with Gasteiger partial charge in [0.05, 0.1) is 25.6 Å². The average molecular weight is 352 g/mol. The van der Waals surface area contributed by atoms with E-state index in [1.807, 2.05) is 0 Å². The first-order chi connectivity index (χ1) is 11.8. The molecule has 2 aromatic rings. The zero-order valence-electron chi connectivity index (χ0n) is 15.5. The van der Waals surface area contributed by atoms with Gasteiger partial charge in [-0.3, -0.25) is 4.79 Å². The first-order valence-corrected chi connectivity index (χ1v) is 12.6. The molecule has 0 heterocycles. The molecule has 0 spiro atoms. The summed E-state index contributed by atoms with van der Waals surface area (Å²) in [6.07, 6.45) is 0.397. The monoisotopic (exact) mass is 351 g/mol. The molecule has 0 bridgehead atoms. The standard InChI is InChI=1S/C21H26N2OSi/c1-23(15(13-20(22)24)14-25(2,3)4)21-18-11-7-5-9-16(18)17-10-6-8-12-19(17)21/h5-12,15H,13-14H2,1-4H3,(H-,22,24)/p+1. The number of hydrogen-bond acceptors (Lipinski definition) is 1. The first kappa shape index (κ1) is 17.6. The van der Waals surface area contributed by atoms with Gasteiger partial charge in [-0.15, -0.1) is 0 Å². The van der Waals surface area contributed by atoms with Gasteiger partial charge in [0.2, 0.25) is 11.6 Å². The van der Waals surface area contributed by atoms with E-state index in [2.05, 4.69) is 79.8 Å². The number of nitrogens with zero attached hydrogens (tertiary/aromatic N) is 1. The van der Waals surface area contributed by atoms with Gasteiger partial charge in [-0.25, -0.2) is 4.58 Å². The number of primary amides is 1. The number of amides is 1. The lowest BCUT2D eigenvalue weighted by Gasteiger charge is -2.22. The van der Waals surface area contributed by atoms with Gasteiger partial charge in [0.15, 0.2) is 6.04 Å². The minimum Gasteiger partial charge on any atom is -0.369 e. The molecular weight excluding hydrogens is 324 g/mol. The molecule has 1 aliphatic carbocycles. The molecule has 1 unspecified atom stereocenters. The highest BCUT2D eigenvalue weighted by Gasteiger charge is 2.35. The Morgan fingerprint density at radius 3 is 1.80 bits per heavy atom. The summed E-state index contributed by atoms with van der Waals surface area (Å²) in [7, 11) is 0.766. The van der Waals surface area contributed by atoms with Crippen molar-refractivity contribution in [1.29, 1.82) is 0 Å². The van der Waals surface area contributed by atoms with Crippen LogP contribution in [0.2, 0.25) is 25.7 Å². The van der Waals surface area contributed by atoms with Crippen molar-refractivity contribution in [2.75, 3.05) is 7.05 Å². The van der Waals surface area contributed by atoms with E-state index in [1.165, 1.54) is 28.0 Å². The highest BCUT2D eigenvalue weighted by atomic mass is 28.3. The molecule has 0 aliphatic heterocycles. The lowest BCUT2D eigenvalue weighted by atomic mass is 10.1. The summed E-state index contributed by atoms with van der Waals surface area (Å²) in [4.78, 5) is 11.7. The Labute approximate surface area is 151 Å². The Balaban J connectivity index is 2.18. The smallest absolute Gasteiger partial charge is 0.224 e. The van der Waals surface area contributed by atoms with Crippen LogP contribution in [0.3, 0.4) is 0 Å². The SMILES string of the molecule is C[N+](=C1c2ccccc2-c2ccccc21)C(CC(N)=O)C[Si](C)(C)C. The van der Waals surface area contributed by atoms with E-state index in [4.69, 9.17) is 5.73 Å². The van der Waals surface area contributed by atoms with Crippen LogP contribution in [0.1, 0.15) is 17.5 Å². The zero-order chi connectivity index (χ0) is 18.2. The number of nitrogens with two attached hydrogens (primary N) is 1. The summed E-state index contributed by atoms with van der Waals surface area (Å²) in [5, 5.41) is 0. The van der Waals surface area contributed by atoms with Gasteiger partial charge in [0.1, 0.15) is 7.05 Å². The summed E-state index contributed by atoms with van der Waals surface area (Å²) in [6, 6.07) is 18.2. The Hall–Kier alpha value is -2.20. The number of fused-ring (bicyclic) bond motifs is 3. The molecule has 0 saturated heterocycles. The molecule has 1 amide bonds. The van der Waals surface area contributed by atoms with E-state index in [0.29, 0.717) is 6.42 Å². The highest BCUT2D eigenvalue weighted by molar-refractivity contribution is 6.76. The number of carbonyl (C=O) groups excluding carboxylic acids is 1. The van der Waals surface area contributed by atoms with Gasteiger partial charge in [-0.2, -0.15) is 0 Å². The molecule has 0 saturated carbocycles. The fourth-order valence-corrected chi connectivity index (χ4v) is 5.67. The topological polar surface area (TPSA) is 46.1 Å². The minimum atomic E-state index is -1.35. The van der Waals surface area contributed by atoms with Crippen LogP contribution in [0, 0.1) is 0 Å². The van der Waals surface area contributed by atoms with Crippen LogP contribution in [0.4, 0.5) is 0 Å². The van der Waals surface area contributed by atoms with Crippen molar-refractivity contribution in [3.05, 3.63) is 59.7 Å². The van der Waals surface area contributed by atoms with Gasteiger partial charge in [0, 0.05) is 6.04 Å². The molecule has 0 radical (unpaired) electrons. The van der Waals surface area contributed by atoms with Crippen LogP contribution in [-0.2, 0) is 4.79 Å². The normalized spacial score (nSPS) is 14.0. The maximum atomic E-state index is 11.7. The van der Waals surface area contributed by atoms with Gasteiger partial charge in [-0.1, -0.05) is 56.0 Å². The second-order valence-electron chi connectivity index (χ2n) is 8.14. The summed E-state index contributed by atoms with van der Waals surface area (Å²) in [5.41, 5.74) is 11.8. The fourth-order valence-electron chi connectivity index (χ4n) is 3.84. The molecule has 2 N–H and O–H groups in total. The van der Waals surface area contributed by atoms with Crippen LogP contribution >= 0.6 is 0 Å². The van der Waals surface area contributed by atoms with Crippen LogP contribution in [0.5, 0.6) is 0 Å². The number of hydrogen-bond donors (Lipinski definition) is 1. The van der Waals surface area contributed by atoms with Crippen molar-refractivity contribution in [3.63, 3.8) is 0 Å². The van der Waals surface area contributed by atoms with E-state index >= 15 is 0 Å². The predicted octanol–water partition coefficient (Wildman–Crippen LogP) is 3.73. The molecule has 1 aliphatic rings. The highest BCUT2D eigenvalue weighted by Crippen LogP contribution is 2.37. The molecule has 1 atom stereocenters. The van der Waals surface area contributed by atoms with Crippen LogP contribution < -0.4 is 5.73 Å². The van der Waals surface area contributed by atoms with Crippen molar-refractivity contribution < 1.29 is 9.37 Å². The molecule has 0 fully saturated rings. The Morgan fingerprint density at radius 2 is 1.40 bits per heavy atom.